The van der Waals surface area contributed by atoms with Crippen LogP contribution in [0.2, 0.25) is 0 Å². The number of aliphatic hydroxyl groups excluding tert-OH is 1. The van der Waals surface area contributed by atoms with Gasteiger partial charge in [-0.15, -0.1) is 0 Å². The van der Waals surface area contributed by atoms with Gasteiger partial charge in [-0.25, -0.2) is 9.18 Å². The molecule has 1 aromatic rings. The Balaban J connectivity index is 2.01. The Morgan fingerprint density at radius 3 is 2.89 bits per heavy atom. The standard InChI is InChI=1S/C14H18FNO3/c15-10-4-5-13(12(7-10)14(18)19)16-8-9-2-1-3-11(17)6-9/h4-5,7,9,11,16-17H,1-3,6,8H2,(H,18,19). The summed E-state index contributed by atoms with van der Waals surface area (Å²) in [5, 5.41) is 21.7. The van der Waals surface area contributed by atoms with Gasteiger partial charge < -0.3 is 15.5 Å². The van der Waals surface area contributed by atoms with Crippen molar-refractivity contribution in [3.05, 3.63) is 29.6 Å². The summed E-state index contributed by atoms with van der Waals surface area (Å²) in [4.78, 5) is 11.0. The van der Waals surface area contributed by atoms with E-state index in [1.165, 1.54) is 12.1 Å². The van der Waals surface area contributed by atoms with Crippen LogP contribution < -0.4 is 5.32 Å². The minimum absolute atomic E-state index is 0.0589. The van der Waals surface area contributed by atoms with Gasteiger partial charge in [0.05, 0.1) is 11.7 Å². The number of hydrogen-bond donors (Lipinski definition) is 3. The molecule has 5 heteroatoms. The van der Waals surface area contributed by atoms with Gasteiger partial charge in [0.15, 0.2) is 0 Å². The highest BCUT2D eigenvalue weighted by Gasteiger charge is 2.20. The molecule has 0 spiro atoms. The topological polar surface area (TPSA) is 69.6 Å². The summed E-state index contributed by atoms with van der Waals surface area (Å²) in [5.74, 6) is -1.38. The lowest BCUT2D eigenvalue weighted by atomic mass is 9.87. The van der Waals surface area contributed by atoms with Gasteiger partial charge in [-0.2, -0.15) is 0 Å². The number of nitrogens with one attached hydrogen (secondary N) is 1. The van der Waals surface area contributed by atoms with E-state index in [-0.39, 0.29) is 11.7 Å². The third kappa shape index (κ3) is 3.67. The zero-order valence-corrected chi connectivity index (χ0v) is 10.6. The van der Waals surface area contributed by atoms with Crippen LogP contribution in [-0.4, -0.2) is 28.8 Å². The van der Waals surface area contributed by atoms with Crippen molar-refractivity contribution in [3.8, 4) is 0 Å². The highest BCUT2D eigenvalue weighted by atomic mass is 19.1. The molecule has 0 aliphatic heterocycles. The van der Waals surface area contributed by atoms with Crippen LogP contribution in [0.25, 0.3) is 0 Å². The van der Waals surface area contributed by atoms with Crippen molar-refractivity contribution in [2.45, 2.75) is 31.8 Å². The molecule has 2 unspecified atom stereocenters. The number of carboxylic acid groups (broad SMARTS) is 1. The van der Waals surface area contributed by atoms with E-state index in [0.717, 1.165) is 31.7 Å². The third-order valence-corrected chi connectivity index (χ3v) is 3.55. The van der Waals surface area contributed by atoms with Crippen LogP contribution in [-0.2, 0) is 0 Å². The van der Waals surface area contributed by atoms with Gasteiger partial charge in [0.2, 0.25) is 0 Å². The number of aliphatic hydroxyl groups is 1. The van der Waals surface area contributed by atoms with Crippen LogP contribution in [0.1, 0.15) is 36.0 Å². The second-order valence-electron chi connectivity index (χ2n) is 5.06. The Kier molecular flexibility index (Phi) is 4.37. The Labute approximate surface area is 111 Å². The van der Waals surface area contributed by atoms with E-state index in [0.29, 0.717) is 18.2 Å². The maximum atomic E-state index is 13.0. The number of benzene rings is 1. The Bertz CT molecular complexity index is 464. The molecule has 19 heavy (non-hydrogen) atoms. The van der Waals surface area contributed by atoms with Crippen LogP contribution in [0.4, 0.5) is 10.1 Å². The number of halogens is 1. The van der Waals surface area contributed by atoms with Crippen molar-refractivity contribution in [1.29, 1.82) is 0 Å². The molecule has 1 aromatic carbocycles. The smallest absolute Gasteiger partial charge is 0.337 e. The normalized spacial score (nSPS) is 23.1. The minimum Gasteiger partial charge on any atom is -0.478 e. The predicted octanol–water partition coefficient (Wildman–Crippen LogP) is 2.49. The highest BCUT2D eigenvalue weighted by Crippen LogP contribution is 2.25. The number of carboxylic acids is 1. The van der Waals surface area contributed by atoms with Crippen molar-refractivity contribution in [2.75, 3.05) is 11.9 Å². The van der Waals surface area contributed by atoms with E-state index >= 15 is 0 Å². The lowest BCUT2D eigenvalue weighted by molar-refractivity contribution is 0.0697. The zero-order chi connectivity index (χ0) is 13.8. The van der Waals surface area contributed by atoms with Gasteiger partial charge in [0.1, 0.15) is 5.82 Å². The van der Waals surface area contributed by atoms with Crippen LogP contribution >= 0.6 is 0 Å². The van der Waals surface area contributed by atoms with Crippen LogP contribution in [0, 0.1) is 11.7 Å². The van der Waals surface area contributed by atoms with Crippen molar-refractivity contribution in [2.24, 2.45) is 5.92 Å². The van der Waals surface area contributed by atoms with E-state index < -0.39 is 11.8 Å². The monoisotopic (exact) mass is 267 g/mol. The van der Waals surface area contributed by atoms with Crippen molar-refractivity contribution in [1.82, 2.24) is 0 Å². The van der Waals surface area contributed by atoms with Crippen molar-refractivity contribution < 1.29 is 19.4 Å². The molecule has 0 aromatic heterocycles. The first-order valence-corrected chi connectivity index (χ1v) is 6.51. The summed E-state index contributed by atoms with van der Waals surface area (Å²) in [6.45, 7) is 0.600. The molecule has 1 fully saturated rings. The van der Waals surface area contributed by atoms with Gasteiger partial charge in [-0.1, -0.05) is 6.42 Å². The molecule has 0 amide bonds. The Morgan fingerprint density at radius 1 is 1.42 bits per heavy atom. The van der Waals surface area contributed by atoms with Crippen LogP contribution in [0.5, 0.6) is 0 Å². The second-order valence-corrected chi connectivity index (χ2v) is 5.06. The van der Waals surface area contributed by atoms with E-state index in [1.807, 2.05) is 0 Å². The molecule has 1 saturated carbocycles. The third-order valence-electron chi connectivity index (χ3n) is 3.55. The number of hydrogen-bond acceptors (Lipinski definition) is 3. The Morgan fingerprint density at radius 2 is 2.21 bits per heavy atom. The zero-order valence-electron chi connectivity index (χ0n) is 10.6. The number of rotatable bonds is 4. The minimum atomic E-state index is -1.15. The number of anilines is 1. The largest absolute Gasteiger partial charge is 0.478 e. The predicted molar refractivity (Wildman–Crippen MR) is 69.8 cm³/mol. The summed E-state index contributed by atoms with van der Waals surface area (Å²) in [6.07, 6.45) is 3.33. The molecule has 3 N–H and O–H groups in total. The van der Waals surface area contributed by atoms with E-state index in [1.54, 1.807) is 0 Å². The average Bonchev–Trinajstić information content (AvgIpc) is 2.37. The molecule has 104 valence electrons. The summed E-state index contributed by atoms with van der Waals surface area (Å²) < 4.78 is 13.0. The van der Waals surface area contributed by atoms with Crippen molar-refractivity contribution in [3.63, 3.8) is 0 Å². The number of carbonyl (C=O) groups is 1. The molecule has 0 radical (unpaired) electrons. The maximum absolute atomic E-state index is 13.0. The number of aromatic carboxylic acids is 1. The molecule has 1 aliphatic rings. The summed E-state index contributed by atoms with van der Waals surface area (Å²) in [5.41, 5.74) is 0.366. The molecule has 0 bridgehead atoms. The van der Waals surface area contributed by atoms with E-state index in [9.17, 15) is 14.3 Å². The van der Waals surface area contributed by atoms with Gasteiger partial charge >= 0.3 is 5.97 Å². The summed E-state index contributed by atoms with van der Waals surface area (Å²) in [7, 11) is 0. The lowest BCUT2D eigenvalue weighted by Crippen LogP contribution is -2.25. The molecule has 0 heterocycles. The second kappa shape index (κ2) is 6.02. The van der Waals surface area contributed by atoms with Gasteiger partial charge in [-0.05, 0) is 43.4 Å². The average molecular weight is 267 g/mol. The van der Waals surface area contributed by atoms with E-state index in [4.69, 9.17) is 5.11 Å². The maximum Gasteiger partial charge on any atom is 0.337 e. The first-order valence-electron chi connectivity index (χ1n) is 6.51. The lowest BCUT2D eigenvalue weighted by Gasteiger charge is -2.26. The molecule has 2 atom stereocenters. The molecular weight excluding hydrogens is 249 g/mol. The fraction of sp³-hybridized carbons (Fsp3) is 0.500. The highest BCUT2D eigenvalue weighted by molar-refractivity contribution is 5.94. The van der Waals surface area contributed by atoms with Gasteiger partial charge in [0.25, 0.3) is 0 Å². The first-order chi connectivity index (χ1) is 9.06. The quantitative estimate of drug-likeness (QED) is 0.784. The van der Waals surface area contributed by atoms with Crippen molar-refractivity contribution >= 4 is 11.7 Å². The van der Waals surface area contributed by atoms with Crippen LogP contribution in [0.3, 0.4) is 0 Å². The summed E-state index contributed by atoms with van der Waals surface area (Å²) >= 11 is 0. The van der Waals surface area contributed by atoms with Crippen LogP contribution in [0.15, 0.2) is 18.2 Å². The fourth-order valence-corrected chi connectivity index (χ4v) is 2.55. The molecule has 4 nitrogen and oxygen atoms in total. The summed E-state index contributed by atoms with van der Waals surface area (Å²) in [6, 6.07) is 3.70. The van der Waals surface area contributed by atoms with E-state index in [2.05, 4.69) is 5.32 Å². The Hall–Kier alpha value is -1.62. The van der Waals surface area contributed by atoms with Gasteiger partial charge in [-0.3, -0.25) is 0 Å². The SMILES string of the molecule is O=C(O)c1cc(F)ccc1NCC1CCCC(O)C1. The van der Waals surface area contributed by atoms with Gasteiger partial charge in [0, 0.05) is 12.2 Å². The molecule has 1 aliphatic carbocycles. The molecular formula is C14H18FNO3. The fourth-order valence-electron chi connectivity index (χ4n) is 2.55. The first kappa shape index (κ1) is 13.8. The molecule has 2 rings (SSSR count). The molecule has 0 saturated heterocycles.